The number of aryl methyl sites for hydroxylation is 2. The summed E-state index contributed by atoms with van der Waals surface area (Å²) < 4.78 is 13.3. The minimum atomic E-state index is -0.224. The molecule has 2 N–H and O–H groups in total. The lowest BCUT2D eigenvalue weighted by Gasteiger charge is -2.29. The summed E-state index contributed by atoms with van der Waals surface area (Å²) in [5, 5.41) is 0. The number of anilines is 1. The van der Waals surface area contributed by atoms with Crippen LogP contribution in [0.15, 0.2) is 30.3 Å². The van der Waals surface area contributed by atoms with Crippen LogP contribution >= 0.6 is 11.3 Å². The van der Waals surface area contributed by atoms with Crippen molar-refractivity contribution in [2.45, 2.75) is 19.9 Å². The molecule has 2 rings (SSSR count). The highest BCUT2D eigenvalue weighted by molar-refractivity contribution is 7.12. The topological polar surface area (TPSA) is 29.3 Å². The van der Waals surface area contributed by atoms with Crippen LogP contribution in [0.1, 0.15) is 21.4 Å². The zero-order valence-corrected chi connectivity index (χ0v) is 12.3. The fourth-order valence-corrected chi connectivity index (χ4v) is 3.33. The zero-order chi connectivity index (χ0) is 14.0. The number of likely N-dealkylation sites (N-methyl/N-ethyl adjacent to an activating group) is 1. The summed E-state index contributed by atoms with van der Waals surface area (Å²) in [5.41, 5.74) is 8.01. The van der Waals surface area contributed by atoms with E-state index in [4.69, 9.17) is 5.73 Å². The lowest BCUT2D eigenvalue weighted by atomic mass is 10.1. The molecule has 1 aromatic heterocycles. The molecule has 102 valence electrons. The van der Waals surface area contributed by atoms with Gasteiger partial charge in [0, 0.05) is 29.0 Å². The van der Waals surface area contributed by atoms with Gasteiger partial charge in [0.1, 0.15) is 5.82 Å². The second kappa shape index (κ2) is 5.72. The highest BCUT2D eigenvalue weighted by atomic mass is 32.1. The minimum absolute atomic E-state index is 0.0757. The van der Waals surface area contributed by atoms with Gasteiger partial charge in [0.25, 0.3) is 0 Å². The van der Waals surface area contributed by atoms with Crippen molar-refractivity contribution >= 4 is 17.0 Å². The largest absolute Gasteiger partial charge is 0.366 e. The highest BCUT2D eigenvalue weighted by Crippen LogP contribution is 2.31. The van der Waals surface area contributed by atoms with Crippen LogP contribution in [-0.2, 0) is 0 Å². The molecular formula is C15H19FN2S. The zero-order valence-electron chi connectivity index (χ0n) is 11.5. The van der Waals surface area contributed by atoms with Crippen LogP contribution in [-0.4, -0.2) is 13.6 Å². The van der Waals surface area contributed by atoms with Crippen molar-refractivity contribution < 1.29 is 4.39 Å². The van der Waals surface area contributed by atoms with Crippen LogP contribution in [0.2, 0.25) is 0 Å². The predicted molar refractivity (Wildman–Crippen MR) is 80.4 cm³/mol. The number of hydrogen-bond donors (Lipinski definition) is 1. The molecule has 0 saturated carbocycles. The molecule has 19 heavy (non-hydrogen) atoms. The van der Waals surface area contributed by atoms with Crippen molar-refractivity contribution in [3.63, 3.8) is 0 Å². The number of halogens is 1. The van der Waals surface area contributed by atoms with Crippen LogP contribution < -0.4 is 10.6 Å². The van der Waals surface area contributed by atoms with E-state index in [1.54, 1.807) is 17.4 Å². The molecule has 0 fully saturated rings. The van der Waals surface area contributed by atoms with E-state index >= 15 is 0 Å². The van der Waals surface area contributed by atoms with E-state index in [2.05, 4.69) is 19.9 Å². The Bertz CT molecular complexity index is 565. The number of thiophene rings is 1. The highest BCUT2D eigenvalue weighted by Gasteiger charge is 2.19. The van der Waals surface area contributed by atoms with Crippen LogP contribution in [0.3, 0.4) is 0 Å². The molecular weight excluding hydrogens is 259 g/mol. The normalized spacial score (nSPS) is 12.5. The Morgan fingerprint density at radius 1 is 1.32 bits per heavy atom. The molecule has 0 radical (unpaired) electrons. The second-order valence-electron chi connectivity index (χ2n) is 4.71. The van der Waals surface area contributed by atoms with Gasteiger partial charge in [0.05, 0.1) is 6.04 Å². The maximum Gasteiger partial charge on any atom is 0.125 e. The summed E-state index contributed by atoms with van der Waals surface area (Å²) in [7, 11) is 1.96. The quantitative estimate of drug-likeness (QED) is 0.925. The number of rotatable bonds is 4. The molecule has 0 saturated heterocycles. The molecule has 2 nitrogen and oxygen atoms in total. The van der Waals surface area contributed by atoms with E-state index in [0.717, 1.165) is 5.69 Å². The first-order chi connectivity index (χ1) is 9.02. The molecule has 0 spiro atoms. The Morgan fingerprint density at radius 3 is 2.58 bits per heavy atom. The smallest absolute Gasteiger partial charge is 0.125 e. The van der Waals surface area contributed by atoms with Crippen molar-refractivity contribution in [1.29, 1.82) is 0 Å². The third-order valence-corrected chi connectivity index (χ3v) is 4.33. The molecule has 4 heteroatoms. The maximum atomic E-state index is 13.3. The van der Waals surface area contributed by atoms with Gasteiger partial charge in [-0.15, -0.1) is 11.3 Å². The summed E-state index contributed by atoms with van der Waals surface area (Å²) in [6.45, 7) is 4.70. The molecule has 0 aliphatic heterocycles. The van der Waals surface area contributed by atoms with Crippen molar-refractivity contribution in [2.24, 2.45) is 5.73 Å². The number of benzene rings is 1. The molecule has 1 atom stereocenters. The van der Waals surface area contributed by atoms with Gasteiger partial charge in [-0.2, -0.15) is 0 Å². The standard InChI is InChI=1S/C15H19FN2S/c1-10-7-14(11(2)19-10)15(9-17)18(3)13-6-4-5-12(16)8-13/h4-8,15H,9,17H2,1-3H3. The number of nitrogens with zero attached hydrogens (tertiary/aromatic N) is 1. The Morgan fingerprint density at radius 2 is 2.05 bits per heavy atom. The van der Waals surface area contributed by atoms with Crippen LogP contribution in [0.25, 0.3) is 0 Å². The molecule has 0 aliphatic rings. The van der Waals surface area contributed by atoms with Crippen molar-refractivity contribution in [3.8, 4) is 0 Å². The fourth-order valence-electron chi connectivity index (χ4n) is 2.35. The Kier molecular flexibility index (Phi) is 4.22. The van der Waals surface area contributed by atoms with E-state index < -0.39 is 0 Å². The van der Waals surface area contributed by atoms with E-state index in [1.165, 1.54) is 27.5 Å². The third kappa shape index (κ3) is 2.96. The van der Waals surface area contributed by atoms with E-state index in [-0.39, 0.29) is 11.9 Å². The van der Waals surface area contributed by atoms with Gasteiger partial charge >= 0.3 is 0 Å². The first kappa shape index (κ1) is 14.0. The SMILES string of the molecule is Cc1cc(C(CN)N(C)c2cccc(F)c2)c(C)s1. The van der Waals surface area contributed by atoms with Gasteiger partial charge in [-0.05, 0) is 43.7 Å². The number of hydrogen-bond acceptors (Lipinski definition) is 3. The Labute approximate surface area is 117 Å². The summed E-state index contributed by atoms with van der Waals surface area (Å²) in [6, 6.07) is 8.87. The second-order valence-corrected chi connectivity index (χ2v) is 6.17. The van der Waals surface area contributed by atoms with E-state index in [1.807, 2.05) is 18.0 Å². The van der Waals surface area contributed by atoms with Crippen molar-refractivity contribution in [2.75, 3.05) is 18.5 Å². The Balaban J connectivity index is 2.34. The maximum absolute atomic E-state index is 13.3. The molecule has 1 unspecified atom stereocenters. The lowest BCUT2D eigenvalue weighted by Crippen LogP contribution is -2.30. The van der Waals surface area contributed by atoms with Gasteiger partial charge in [0.2, 0.25) is 0 Å². The Hall–Kier alpha value is -1.39. The summed E-state index contributed by atoms with van der Waals surface area (Å²) in [5.74, 6) is -0.224. The van der Waals surface area contributed by atoms with Gasteiger partial charge < -0.3 is 10.6 Å². The van der Waals surface area contributed by atoms with E-state index in [0.29, 0.717) is 6.54 Å². The first-order valence-corrected chi connectivity index (χ1v) is 7.10. The summed E-state index contributed by atoms with van der Waals surface area (Å²) in [6.07, 6.45) is 0. The van der Waals surface area contributed by atoms with Gasteiger partial charge in [-0.3, -0.25) is 0 Å². The van der Waals surface area contributed by atoms with Gasteiger partial charge in [0.15, 0.2) is 0 Å². The summed E-state index contributed by atoms with van der Waals surface area (Å²) in [4.78, 5) is 4.59. The average molecular weight is 278 g/mol. The number of nitrogens with two attached hydrogens (primary N) is 1. The lowest BCUT2D eigenvalue weighted by molar-refractivity contribution is 0.623. The molecule has 1 heterocycles. The molecule has 0 bridgehead atoms. The molecule has 2 aromatic rings. The molecule has 0 aliphatic carbocycles. The average Bonchev–Trinajstić information content (AvgIpc) is 2.69. The van der Waals surface area contributed by atoms with Crippen LogP contribution in [0.4, 0.5) is 10.1 Å². The van der Waals surface area contributed by atoms with E-state index in [9.17, 15) is 4.39 Å². The van der Waals surface area contributed by atoms with Gasteiger partial charge in [-0.1, -0.05) is 6.07 Å². The van der Waals surface area contributed by atoms with Crippen molar-refractivity contribution in [1.82, 2.24) is 0 Å². The minimum Gasteiger partial charge on any atom is -0.366 e. The first-order valence-electron chi connectivity index (χ1n) is 6.28. The molecule has 0 amide bonds. The predicted octanol–water partition coefficient (Wildman–Crippen LogP) is 3.64. The van der Waals surface area contributed by atoms with Crippen LogP contribution in [0, 0.1) is 19.7 Å². The van der Waals surface area contributed by atoms with Crippen molar-refractivity contribution in [3.05, 3.63) is 51.5 Å². The van der Waals surface area contributed by atoms with Crippen LogP contribution in [0.5, 0.6) is 0 Å². The third-order valence-electron chi connectivity index (χ3n) is 3.34. The molecule has 1 aromatic carbocycles. The fraction of sp³-hybridized carbons (Fsp3) is 0.333. The monoisotopic (exact) mass is 278 g/mol. The summed E-state index contributed by atoms with van der Waals surface area (Å²) >= 11 is 1.77. The van der Waals surface area contributed by atoms with Gasteiger partial charge in [-0.25, -0.2) is 4.39 Å².